The number of amides is 1. The number of hydrogen-bond donors (Lipinski definition) is 1. The number of nitrogens with one attached hydrogen (secondary N) is 1. The van der Waals surface area contributed by atoms with E-state index in [9.17, 15) is 22.4 Å². The minimum atomic E-state index is -4.09. The van der Waals surface area contributed by atoms with Gasteiger partial charge in [-0.1, -0.05) is 25.1 Å². The number of methoxy groups -OCH3 is 1. The summed E-state index contributed by atoms with van der Waals surface area (Å²) in [6.45, 7) is 1.78. The highest BCUT2D eigenvalue weighted by atomic mass is 32.2. The van der Waals surface area contributed by atoms with E-state index in [1.54, 1.807) is 18.2 Å². The Morgan fingerprint density at radius 3 is 2.45 bits per heavy atom. The van der Waals surface area contributed by atoms with Crippen LogP contribution in [0.4, 0.5) is 4.39 Å². The molecule has 0 aliphatic heterocycles. The lowest BCUT2D eigenvalue weighted by Gasteiger charge is -2.14. The number of halogens is 1. The van der Waals surface area contributed by atoms with Gasteiger partial charge in [-0.15, -0.1) is 0 Å². The molecule has 31 heavy (non-hydrogen) atoms. The number of aromatic nitrogens is 1. The van der Waals surface area contributed by atoms with Gasteiger partial charge in [-0.2, -0.15) is 0 Å². The van der Waals surface area contributed by atoms with Crippen molar-refractivity contribution < 1.29 is 27.1 Å². The maximum Gasteiger partial charge on any atom is 0.340 e. The third-order valence-corrected chi connectivity index (χ3v) is 7.36. The number of carbonyl (C=O) groups excluding carboxylic acids is 2. The van der Waals surface area contributed by atoms with Gasteiger partial charge in [0.1, 0.15) is 5.82 Å². The van der Waals surface area contributed by atoms with Crippen LogP contribution in [0.2, 0.25) is 0 Å². The van der Waals surface area contributed by atoms with Gasteiger partial charge < -0.3 is 10.1 Å². The number of nitrogens with zero attached hydrogens (tertiary/aromatic N) is 1. The van der Waals surface area contributed by atoms with Crippen molar-refractivity contribution in [2.75, 3.05) is 7.11 Å². The summed E-state index contributed by atoms with van der Waals surface area (Å²) in [5.41, 5.74) is -0.441. The Morgan fingerprint density at radius 1 is 1.16 bits per heavy atom. The average Bonchev–Trinajstić information content (AvgIpc) is 3.41. The van der Waals surface area contributed by atoms with E-state index in [2.05, 4.69) is 10.1 Å². The first-order chi connectivity index (χ1) is 14.7. The predicted octanol–water partition coefficient (Wildman–Crippen LogP) is 3.22. The topological polar surface area (TPSA) is 94.5 Å². The highest BCUT2D eigenvalue weighted by Gasteiger charge is 2.44. The molecule has 0 bridgehead atoms. The summed E-state index contributed by atoms with van der Waals surface area (Å²) in [5.74, 6) is -1.90. The summed E-state index contributed by atoms with van der Waals surface area (Å²) < 4.78 is 47.0. The summed E-state index contributed by atoms with van der Waals surface area (Å²) in [4.78, 5) is 24.4. The smallest absolute Gasteiger partial charge is 0.340 e. The monoisotopic (exact) mass is 444 g/mol. The largest absolute Gasteiger partial charge is 0.465 e. The zero-order chi connectivity index (χ0) is 22.4. The SMILES string of the molecule is COC(=O)c1cc2c(cc1F)cc(CNC(=O)C1(C)CC1)n2S(=O)(=O)c1ccccc1. The molecular weight excluding hydrogens is 423 g/mol. The number of rotatable bonds is 6. The second kappa shape index (κ2) is 7.49. The fourth-order valence-electron chi connectivity index (χ4n) is 3.43. The quantitative estimate of drug-likeness (QED) is 0.589. The molecule has 1 aromatic heterocycles. The van der Waals surface area contributed by atoms with Crippen molar-refractivity contribution in [3.05, 3.63) is 65.6 Å². The van der Waals surface area contributed by atoms with Gasteiger partial charge in [0.15, 0.2) is 0 Å². The Morgan fingerprint density at radius 2 is 1.84 bits per heavy atom. The molecule has 0 atom stereocenters. The van der Waals surface area contributed by atoms with Crippen LogP contribution in [0, 0.1) is 11.2 Å². The molecule has 0 saturated heterocycles. The van der Waals surface area contributed by atoms with Crippen molar-refractivity contribution in [1.29, 1.82) is 0 Å². The molecule has 3 aromatic rings. The maximum atomic E-state index is 14.5. The first kappa shape index (κ1) is 21.0. The molecule has 1 aliphatic rings. The molecule has 2 aromatic carbocycles. The summed E-state index contributed by atoms with van der Waals surface area (Å²) in [7, 11) is -2.98. The van der Waals surface area contributed by atoms with Gasteiger partial charge in [0.25, 0.3) is 10.0 Å². The molecule has 7 nitrogen and oxygen atoms in total. The average molecular weight is 444 g/mol. The lowest BCUT2D eigenvalue weighted by atomic mass is 10.1. The molecule has 0 spiro atoms. The van der Waals surface area contributed by atoms with E-state index in [1.807, 2.05) is 6.92 Å². The number of hydrogen-bond acceptors (Lipinski definition) is 5. The van der Waals surface area contributed by atoms with Crippen LogP contribution in [0.1, 0.15) is 35.8 Å². The van der Waals surface area contributed by atoms with Crippen LogP contribution >= 0.6 is 0 Å². The number of esters is 1. The third-order valence-electron chi connectivity index (χ3n) is 5.58. The molecule has 162 valence electrons. The van der Waals surface area contributed by atoms with Crippen LogP contribution < -0.4 is 5.32 Å². The minimum Gasteiger partial charge on any atom is -0.465 e. The first-order valence-electron chi connectivity index (χ1n) is 9.68. The van der Waals surface area contributed by atoms with Gasteiger partial charge in [-0.05, 0) is 43.2 Å². The zero-order valence-electron chi connectivity index (χ0n) is 17.0. The fraction of sp³-hybridized carbons (Fsp3) is 0.273. The Kier molecular flexibility index (Phi) is 5.09. The van der Waals surface area contributed by atoms with Crippen molar-refractivity contribution in [2.45, 2.75) is 31.2 Å². The van der Waals surface area contributed by atoms with Crippen LogP contribution in [0.25, 0.3) is 10.9 Å². The van der Waals surface area contributed by atoms with Gasteiger partial charge in [-0.25, -0.2) is 21.6 Å². The molecule has 0 radical (unpaired) electrons. The molecule has 1 fully saturated rings. The maximum absolute atomic E-state index is 14.5. The van der Waals surface area contributed by atoms with E-state index in [-0.39, 0.29) is 39.5 Å². The molecule has 4 rings (SSSR count). The fourth-order valence-corrected chi connectivity index (χ4v) is 4.99. The molecule has 1 saturated carbocycles. The van der Waals surface area contributed by atoms with Crippen LogP contribution in [0.3, 0.4) is 0 Å². The van der Waals surface area contributed by atoms with Gasteiger partial charge in [-0.3, -0.25) is 4.79 Å². The molecule has 1 heterocycles. The van der Waals surface area contributed by atoms with E-state index < -0.39 is 27.2 Å². The van der Waals surface area contributed by atoms with Gasteiger partial charge in [0.05, 0.1) is 35.3 Å². The number of benzene rings is 2. The van der Waals surface area contributed by atoms with E-state index >= 15 is 0 Å². The molecule has 1 aliphatic carbocycles. The van der Waals surface area contributed by atoms with Gasteiger partial charge >= 0.3 is 5.97 Å². The lowest BCUT2D eigenvalue weighted by molar-refractivity contribution is -0.125. The first-order valence-corrected chi connectivity index (χ1v) is 11.1. The van der Waals surface area contributed by atoms with Gasteiger partial charge in [0.2, 0.25) is 5.91 Å². The number of carbonyl (C=O) groups is 2. The Balaban J connectivity index is 1.88. The summed E-state index contributed by atoms with van der Waals surface area (Å²) >= 11 is 0. The van der Waals surface area contributed by atoms with Gasteiger partial charge in [0, 0.05) is 10.8 Å². The zero-order valence-corrected chi connectivity index (χ0v) is 17.8. The summed E-state index contributed by atoms with van der Waals surface area (Å²) in [5, 5.41) is 3.06. The van der Waals surface area contributed by atoms with Crippen molar-refractivity contribution in [3.63, 3.8) is 0 Å². The van der Waals surface area contributed by atoms with E-state index in [0.717, 1.165) is 36.1 Å². The van der Waals surface area contributed by atoms with Crippen LogP contribution in [0.5, 0.6) is 0 Å². The molecule has 1 amide bonds. The second-order valence-corrected chi connectivity index (χ2v) is 9.63. The highest BCUT2D eigenvalue weighted by molar-refractivity contribution is 7.90. The molecule has 9 heteroatoms. The highest BCUT2D eigenvalue weighted by Crippen LogP contribution is 2.45. The van der Waals surface area contributed by atoms with Crippen LogP contribution in [-0.2, 0) is 26.1 Å². The number of ether oxygens (including phenoxy) is 1. The molecule has 1 N–H and O–H groups in total. The third kappa shape index (κ3) is 3.69. The normalized spacial score (nSPS) is 14.9. The molecular formula is C22H21FN2O5S. The Labute approximate surface area is 178 Å². The summed E-state index contributed by atoms with van der Waals surface area (Å²) in [6.07, 6.45) is 1.55. The van der Waals surface area contributed by atoms with Crippen molar-refractivity contribution in [1.82, 2.24) is 9.29 Å². The van der Waals surface area contributed by atoms with Crippen molar-refractivity contribution in [3.8, 4) is 0 Å². The van der Waals surface area contributed by atoms with Crippen molar-refractivity contribution in [2.24, 2.45) is 5.41 Å². The second-order valence-electron chi connectivity index (χ2n) is 7.84. The molecule has 0 unspecified atom stereocenters. The minimum absolute atomic E-state index is 0.0261. The summed E-state index contributed by atoms with van der Waals surface area (Å²) in [6, 6.07) is 11.5. The van der Waals surface area contributed by atoms with Crippen molar-refractivity contribution >= 4 is 32.8 Å². The van der Waals surface area contributed by atoms with E-state index in [4.69, 9.17) is 0 Å². The van der Waals surface area contributed by atoms with Crippen LogP contribution in [-0.4, -0.2) is 31.4 Å². The Hall–Kier alpha value is -3.20. The van der Waals surface area contributed by atoms with Crippen LogP contribution in [0.15, 0.2) is 53.4 Å². The van der Waals surface area contributed by atoms with E-state index in [0.29, 0.717) is 0 Å². The van der Waals surface area contributed by atoms with E-state index in [1.165, 1.54) is 18.2 Å². The standard InChI is InChI=1S/C22H21FN2O5S/c1-22(8-9-22)21(27)24-13-15-10-14-11-18(23)17(20(26)30-2)12-19(14)25(15)31(28,29)16-6-4-3-5-7-16/h3-7,10-12H,8-9,13H2,1-2H3,(H,24,27). The predicted molar refractivity (Wildman–Crippen MR) is 111 cm³/mol. The lowest BCUT2D eigenvalue weighted by Crippen LogP contribution is -2.31. The Bertz CT molecular complexity index is 1290. The number of fused-ring (bicyclic) bond motifs is 1.